The van der Waals surface area contributed by atoms with Gasteiger partial charge in [-0.15, -0.1) is 0 Å². The first kappa shape index (κ1) is 21.1. The van der Waals surface area contributed by atoms with Gasteiger partial charge in [-0.3, -0.25) is 0 Å². The zero-order valence-electron chi connectivity index (χ0n) is 17.0. The number of aromatic nitrogens is 1. The second kappa shape index (κ2) is 6.76. The Hall–Kier alpha value is -0.935. The third-order valence-corrected chi connectivity index (χ3v) is 5.46. The summed E-state index contributed by atoms with van der Waals surface area (Å²) in [5.41, 5.74) is -0.993. The van der Waals surface area contributed by atoms with E-state index in [4.69, 9.17) is 9.31 Å². The minimum Gasteiger partial charge on any atom is -0.402 e. The van der Waals surface area contributed by atoms with Crippen molar-refractivity contribution in [3.8, 4) is 0 Å². The molecule has 1 aromatic rings. The van der Waals surface area contributed by atoms with E-state index in [-0.39, 0.29) is 10.8 Å². The van der Waals surface area contributed by atoms with Crippen molar-refractivity contribution in [2.75, 3.05) is 0 Å². The summed E-state index contributed by atoms with van der Waals surface area (Å²) in [5.74, 6) is -0.558. The molecule has 5 heteroatoms. The van der Waals surface area contributed by atoms with Crippen molar-refractivity contribution in [3.63, 3.8) is 0 Å². The Kier molecular flexibility index (Phi) is 5.94. The minimum atomic E-state index is -0.831. The van der Waals surface area contributed by atoms with Crippen LogP contribution in [-0.2, 0) is 9.31 Å². The van der Waals surface area contributed by atoms with Gasteiger partial charge in [-0.1, -0.05) is 47.6 Å². The lowest BCUT2D eigenvalue weighted by atomic mass is 9.71. The van der Waals surface area contributed by atoms with Crippen LogP contribution >= 0.6 is 0 Å². The fourth-order valence-corrected chi connectivity index (χ4v) is 1.61. The third kappa shape index (κ3) is 4.79. The van der Waals surface area contributed by atoms with Crippen molar-refractivity contribution >= 4 is 12.6 Å². The standard InChI is InChI=1S/C19H33BFNO2/c1-16(2,3)18(7,8)23-20(14-12-11-13-22-15(14)21)24-19(9,10)17(4,5)6/h11-13H,1-10H3. The first-order valence-corrected chi connectivity index (χ1v) is 8.54. The molecular weight excluding hydrogens is 304 g/mol. The van der Waals surface area contributed by atoms with E-state index in [1.807, 2.05) is 27.7 Å². The van der Waals surface area contributed by atoms with Crippen molar-refractivity contribution in [2.24, 2.45) is 10.8 Å². The first-order chi connectivity index (χ1) is 10.6. The maximum atomic E-state index is 14.3. The van der Waals surface area contributed by atoms with E-state index in [1.54, 1.807) is 12.1 Å². The molecule has 0 aromatic carbocycles. The fourth-order valence-electron chi connectivity index (χ4n) is 1.61. The lowest BCUT2D eigenvalue weighted by molar-refractivity contribution is -0.0642. The summed E-state index contributed by atoms with van der Waals surface area (Å²) >= 11 is 0. The molecule has 3 nitrogen and oxygen atoms in total. The molecule has 0 spiro atoms. The van der Waals surface area contributed by atoms with Gasteiger partial charge in [0, 0.05) is 11.7 Å². The van der Waals surface area contributed by atoms with Gasteiger partial charge < -0.3 is 9.31 Å². The van der Waals surface area contributed by atoms with Crippen LogP contribution in [0.4, 0.5) is 4.39 Å². The van der Waals surface area contributed by atoms with Gasteiger partial charge >= 0.3 is 7.12 Å². The van der Waals surface area contributed by atoms with Crippen LogP contribution < -0.4 is 5.46 Å². The zero-order valence-corrected chi connectivity index (χ0v) is 17.0. The van der Waals surface area contributed by atoms with Crippen LogP contribution in [0.25, 0.3) is 0 Å². The maximum absolute atomic E-state index is 14.3. The Morgan fingerprint density at radius 1 is 0.833 bits per heavy atom. The van der Waals surface area contributed by atoms with E-state index in [2.05, 4.69) is 46.5 Å². The highest BCUT2D eigenvalue weighted by Crippen LogP contribution is 2.37. The zero-order chi connectivity index (χ0) is 19.0. The van der Waals surface area contributed by atoms with Crippen molar-refractivity contribution in [1.82, 2.24) is 4.98 Å². The van der Waals surface area contributed by atoms with Gasteiger partial charge in [0.1, 0.15) is 0 Å². The monoisotopic (exact) mass is 337 g/mol. The van der Waals surface area contributed by atoms with Crippen LogP contribution in [0.5, 0.6) is 0 Å². The third-order valence-electron chi connectivity index (χ3n) is 5.46. The molecule has 0 aliphatic heterocycles. The molecule has 1 aromatic heterocycles. The van der Waals surface area contributed by atoms with E-state index in [1.165, 1.54) is 6.20 Å². The lowest BCUT2D eigenvalue weighted by Gasteiger charge is -2.45. The van der Waals surface area contributed by atoms with Gasteiger partial charge in [0.25, 0.3) is 0 Å². The smallest absolute Gasteiger partial charge is 0.402 e. The normalized spacial score (nSPS) is 14.0. The van der Waals surface area contributed by atoms with Crippen molar-refractivity contribution < 1.29 is 13.7 Å². The molecule has 0 aliphatic rings. The minimum absolute atomic E-state index is 0.140. The van der Waals surface area contributed by atoms with E-state index in [0.29, 0.717) is 5.46 Å². The Balaban J connectivity index is 3.27. The predicted octanol–water partition coefficient (Wildman–Crippen LogP) is 4.60. The second-order valence-electron chi connectivity index (χ2n) is 9.47. The highest BCUT2D eigenvalue weighted by atomic mass is 19.1. The molecule has 0 atom stereocenters. The molecule has 0 amide bonds. The molecular formula is C19H33BFNO2. The van der Waals surface area contributed by atoms with Crippen molar-refractivity contribution in [1.29, 1.82) is 0 Å². The van der Waals surface area contributed by atoms with E-state index in [0.717, 1.165) is 0 Å². The number of hydrogen-bond donors (Lipinski definition) is 0. The number of halogens is 1. The molecule has 0 unspecified atom stereocenters. The summed E-state index contributed by atoms with van der Waals surface area (Å²) in [7, 11) is -0.831. The second-order valence-corrected chi connectivity index (χ2v) is 9.47. The predicted molar refractivity (Wildman–Crippen MR) is 98.8 cm³/mol. The fraction of sp³-hybridized carbons (Fsp3) is 0.737. The SMILES string of the molecule is CC(C)(C)C(C)(C)OB(OC(C)(C)C(C)(C)C)c1cccnc1F. The lowest BCUT2D eigenvalue weighted by Crippen LogP contribution is -2.55. The van der Waals surface area contributed by atoms with Gasteiger partial charge in [0.15, 0.2) is 0 Å². The van der Waals surface area contributed by atoms with Gasteiger partial charge in [0.2, 0.25) is 5.95 Å². The number of nitrogens with zero attached hydrogens (tertiary/aromatic N) is 1. The van der Waals surface area contributed by atoms with Gasteiger partial charge in [-0.25, -0.2) is 4.98 Å². The van der Waals surface area contributed by atoms with Crippen LogP contribution in [0.1, 0.15) is 69.2 Å². The molecule has 0 radical (unpaired) electrons. The number of hydrogen-bond acceptors (Lipinski definition) is 3. The Morgan fingerprint density at radius 3 is 1.58 bits per heavy atom. The van der Waals surface area contributed by atoms with Crippen LogP contribution in [0.3, 0.4) is 0 Å². The summed E-state index contributed by atoms with van der Waals surface area (Å²) in [4.78, 5) is 3.76. The summed E-state index contributed by atoms with van der Waals surface area (Å²) < 4.78 is 26.9. The summed E-state index contributed by atoms with van der Waals surface area (Å²) in [5, 5.41) is 0. The maximum Gasteiger partial charge on any atom is 0.499 e. The molecule has 0 fully saturated rings. The van der Waals surface area contributed by atoms with E-state index >= 15 is 0 Å². The van der Waals surface area contributed by atoms with Gasteiger partial charge in [-0.05, 0) is 44.6 Å². The molecule has 0 saturated carbocycles. The molecule has 0 N–H and O–H groups in total. The summed E-state index contributed by atoms with van der Waals surface area (Å²) in [6, 6.07) is 3.37. The highest BCUT2D eigenvalue weighted by Gasteiger charge is 2.44. The topological polar surface area (TPSA) is 31.4 Å². The quantitative estimate of drug-likeness (QED) is 0.581. The highest BCUT2D eigenvalue weighted by molar-refractivity contribution is 6.61. The molecule has 1 heterocycles. The van der Waals surface area contributed by atoms with E-state index in [9.17, 15) is 4.39 Å². The Labute approximate surface area is 147 Å². The number of rotatable bonds is 5. The molecule has 1 rings (SSSR count). The van der Waals surface area contributed by atoms with E-state index < -0.39 is 24.3 Å². The first-order valence-electron chi connectivity index (χ1n) is 8.54. The van der Waals surface area contributed by atoms with Gasteiger partial charge in [-0.2, -0.15) is 4.39 Å². The van der Waals surface area contributed by atoms with Crippen molar-refractivity contribution in [2.45, 2.75) is 80.4 Å². The molecule has 0 saturated heterocycles. The number of pyridine rings is 1. The largest absolute Gasteiger partial charge is 0.499 e. The summed E-state index contributed by atoms with van der Waals surface area (Å²) in [6.45, 7) is 20.6. The molecule has 0 bridgehead atoms. The average Bonchev–Trinajstić information content (AvgIpc) is 2.35. The van der Waals surface area contributed by atoms with Crippen LogP contribution in [-0.4, -0.2) is 23.3 Å². The molecule has 136 valence electrons. The average molecular weight is 337 g/mol. The molecule has 24 heavy (non-hydrogen) atoms. The van der Waals surface area contributed by atoms with Crippen LogP contribution in [0.15, 0.2) is 18.3 Å². The Morgan fingerprint density at radius 2 is 1.25 bits per heavy atom. The summed E-state index contributed by atoms with van der Waals surface area (Å²) in [6.07, 6.45) is 1.43. The molecule has 0 aliphatic carbocycles. The van der Waals surface area contributed by atoms with Gasteiger partial charge in [0.05, 0.1) is 11.2 Å². The van der Waals surface area contributed by atoms with Crippen LogP contribution in [0.2, 0.25) is 0 Å². The van der Waals surface area contributed by atoms with Crippen molar-refractivity contribution in [3.05, 3.63) is 24.3 Å². The van der Waals surface area contributed by atoms with Crippen LogP contribution in [0, 0.1) is 16.8 Å². The Bertz CT molecular complexity index is 531.